The predicted octanol–water partition coefficient (Wildman–Crippen LogP) is 0.383. The second kappa shape index (κ2) is 5.13. The Bertz CT molecular complexity index is 369. The lowest BCUT2D eigenvalue weighted by atomic mass is 9.95. The van der Waals surface area contributed by atoms with Crippen LogP contribution in [0.1, 0.15) is 6.42 Å². The summed E-state index contributed by atoms with van der Waals surface area (Å²) in [5, 5.41) is 3.17. The summed E-state index contributed by atoms with van der Waals surface area (Å²) in [6.45, 7) is 6.53. The average Bonchev–Trinajstić information content (AvgIpc) is 3.11. The molecule has 0 radical (unpaired) electrons. The van der Waals surface area contributed by atoms with Crippen molar-refractivity contribution in [1.82, 2.24) is 9.88 Å². The highest BCUT2D eigenvalue weighted by molar-refractivity contribution is 7.13. The van der Waals surface area contributed by atoms with Crippen LogP contribution < -0.4 is 10.6 Å². The molecule has 3 rings (SSSR count). The molecule has 2 N–H and O–H groups in total. The van der Waals surface area contributed by atoms with Gasteiger partial charge in [0.25, 0.3) is 0 Å². The summed E-state index contributed by atoms with van der Waals surface area (Å²) < 4.78 is 5.56. The second-order valence-corrected chi connectivity index (χ2v) is 5.89. The van der Waals surface area contributed by atoms with E-state index >= 15 is 0 Å². The second-order valence-electron chi connectivity index (χ2n) is 5.02. The minimum Gasteiger partial charge on any atom is -0.379 e. The van der Waals surface area contributed by atoms with E-state index in [2.05, 4.69) is 14.8 Å². The van der Waals surface area contributed by atoms with E-state index in [9.17, 15) is 0 Å². The van der Waals surface area contributed by atoms with E-state index in [4.69, 9.17) is 10.5 Å². The summed E-state index contributed by atoms with van der Waals surface area (Å²) in [6.07, 6.45) is 2.94. The van der Waals surface area contributed by atoms with Crippen LogP contribution in [0.15, 0.2) is 11.6 Å². The van der Waals surface area contributed by atoms with Gasteiger partial charge in [0.15, 0.2) is 5.13 Å². The largest absolute Gasteiger partial charge is 0.379 e. The van der Waals surface area contributed by atoms with Crippen LogP contribution in [-0.2, 0) is 4.74 Å². The summed E-state index contributed by atoms with van der Waals surface area (Å²) in [5.41, 5.74) is 6.08. The number of hydrogen-bond acceptors (Lipinski definition) is 6. The predicted molar refractivity (Wildman–Crippen MR) is 73.1 cm³/mol. The van der Waals surface area contributed by atoms with E-state index in [0.717, 1.165) is 50.9 Å². The van der Waals surface area contributed by atoms with Crippen LogP contribution in [0.3, 0.4) is 0 Å². The number of ether oxygens (including phenoxy) is 1. The van der Waals surface area contributed by atoms with E-state index < -0.39 is 0 Å². The minimum absolute atomic E-state index is 0.0922. The number of nitrogens with two attached hydrogens (primary N) is 1. The molecule has 2 aliphatic heterocycles. The average molecular weight is 268 g/mol. The molecule has 1 aromatic rings. The first-order chi connectivity index (χ1) is 8.84. The zero-order valence-electron chi connectivity index (χ0n) is 10.5. The minimum atomic E-state index is 0.0922. The summed E-state index contributed by atoms with van der Waals surface area (Å²) in [6, 6.07) is 0. The van der Waals surface area contributed by atoms with Gasteiger partial charge in [-0.2, -0.15) is 0 Å². The highest BCUT2D eigenvalue weighted by Crippen LogP contribution is 2.28. The molecule has 2 aliphatic rings. The topological polar surface area (TPSA) is 54.6 Å². The van der Waals surface area contributed by atoms with Gasteiger partial charge in [-0.15, -0.1) is 11.3 Å². The lowest BCUT2D eigenvalue weighted by Crippen LogP contribution is -2.60. The van der Waals surface area contributed by atoms with Gasteiger partial charge >= 0.3 is 0 Å². The van der Waals surface area contributed by atoms with Crippen molar-refractivity contribution in [2.24, 2.45) is 5.73 Å². The molecule has 18 heavy (non-hydrogen) atoms. The van der Waals surface area contributed by atoms with E-state index in [1.807, 2.05) is 11.6 Å². The van der Waals surface area contributed by atoms with Crippen molar-refractivity contribution in [2.75, 3.05) is 50.8 Å². The van der Waals surface area contributed by atoms with Gasteiger partial charge in [-0.25, -0.2) is 4.98 Å². The van der Waals surface area contributed by atoms with Gasteiger partial charge in [0.2, 0.25) is 0 Å². The fourth-order valence-electron chi connectivity index (χ4n) is 2.88. The maximum Gasteiger partial charge on any atom is 0.185 e. The van der Waals surface area contributed by atoms with Gasteiger partial charge in [0, 0.05) is 50.9 Å². The Morgan fingerprint density at radius 3 is 2.78 bits per heavy atom. The van der Waals surface area contributed by atoms with Gasteiger partial charge in [0.05, 0.1) is 12.1 Å². The molecular weight excluding hydrogens is 248 g/mol. The van der Waals surface area contributed by atoms with Crippen LogP contribution in [0, 0.1) is 0 Å². The van der Waals surface area contributed by atoms with Crippen LogP contribution in [0.25, 0.3) is 0 Å². The van der Waals surface area contributed by atoms with E-state index in [0.29, 0.717) is 6.54 Å². The number of rotatable bonds is 3. The quantitative estimate of drug-likeness (QED) is 0.859. The Morgan fingerprint density at radius 1 is 1.39 bits per heavy atom. The summed E-state index contributed by atoms with van der Waals surface area (Å²) in [4.78, 5) is 9.26. The molecule has 1 atom stereocenters. The maximum atomic E-state index is 5.98. The molecule has 0 spiro atoms. The van der Waals surface area contributed by atoms with Crippen molar-refractivity contribution >= 4 is 16.5 Å². The highest BCUT2D eigenvalue weighted by Gasteiger charge is 2.40. The van der Waals surface area contributed by atoms with Gasteiger partial charge < -0.3 is 15.4 Å². The third-order valence-corrected chi connectivity index (χ3v) is 4.93. The number of hydrogen-bond donors (Lipinski definition) is 1. The Kier molecular flexibility index (Phi) is 3.52. The Morgan fingerprint density at radius 2 is 2.22 bits per heavy atom. The molecule has 6 heteroatoms. The Balaban J connectivity index is 1.63. The molecule has 0 bridgehead atoms. The maximum absolute atomic E-state index is 5.98. The fraction of sp³-hybridized carbons (Fsp3) is 0.750. The van der Waals surface area contributed by atoms with Crippen LogP contribution in [0.4, 0.5) is 5.13 Å². The molecule has 1 aromatic heterocycles. The van der Waals surface area contributed by atoms with Gasteiger partial charge in [0.1, 0.15) is 0 Å². The van der Waals surface area contributed by atoms with E-state index in [1.54, 1.807) is 11.3 Å². The van der Waals surface area contributed by atoms with Gasteiger partial charge in [-0.3, -0.25) is 4.90 Å². The van der Waals surface area contributed by atoms with Crippen LogP contribution in [-0.4, -0.2) is 61.4 Å². The number of piperazine rings is 1. The van der Waals surface area contributed by atoms with Crippen molar-refractivity contribution in [3.63, 3.8) is 0 Å². The lowest BCUT2D eigenvalue weighted by molar-refractivity contribution is 0.0670. The first-order valence-electron chi connectivity index (χ1n) is 6.51. The van der Waals surface area contributed by atoms with Crippen molar-refractivity contribution in [3.05, 3.63) is 11.6 Å². The Hall–Kier alpha value is -0.690. The molecule has 2 saturated heterocycles. The summed E-state index contributed by atoms with van der Waals surface area (Å²) in [7, 11) is 0. The number of thiazole rings is 1. The van der Waals surface area contributed by atoms with E-state index in [-0.39, 0.29) is 5.54 Å². The van der Waals surface area contributed by atoms with Crippen LogP contribution in [0.2, 0.25) is 0 Å². The zero-order chi connectivity index (χ0) is 12.4. The third-order valence-electron chi connectivity index (χ3n) is 4.10. The summed E-state index contributed by atoms with van der Waals surface area (Å²) in [5.74, 6) is 0. The molecule has 3 heterocycles. The summed E-state index contributed by atoms with van der Waals surface area (Å²) >= 11 is 1.71. The normalized spacial score (nSPS) is 29.9. The van der Waals surface area contributed by atoms with Crippen molar-refractivity contribution in [3.8, 4) is 0 Å². The number of anilines is 1. The van der Waals surface area contributed by atoms with Crippen molar-refractivity contribution in [2.45, 2.75) is 12.0 Å². The SMILES string of the molecule is NCC1(N2CCN(c3nccs3)CC2)CCOC1. The fourth-order valence-corrected chi connectivity index (χ4v) is 3.58. The monoisotopic (exact) mass is 268 g/mol. The first-order valence-corrected chi connectivity index (χ1v) is 7.39. The molecule has 0 amide bonds. The first kappa shape index (κ1) is 12.3. The third kappa shape index (κ3) is 2.14. The van der Waals surface area contributed by atoms with Crippen LogP contribution >= 0.6 is 11.3 Å². The highest BCUT2D eigenvalue weighted by atomic mass is 32.1. The van der Waals surface area contributed by atoms with Crippen molar-refractivity contribution in [1.29, 1.82) is 0 Å². The molecule has 1 unspecified atom stereocenters. The molecule has 0 aromatic carbocycles. The van der Waals surface area contributed by atoms with Gasteiger partial charge in [-0.1, -0.05) is 0 Å². The molecule has 0 aliphatic carbocycles. The molecule has 5 nitrogen and oxygen atoms in total. The standard InChI is InChI=1S/C12H20N4OS/c13-9-12(1-7-17-10-12)16-5-3-15(4-6-16)11-14-2-8-18-11/h2,8H,1,3-7,9-10,13H2. The van der Waals surface area contributed by atoms with Crippen LogP contribution in [0.5, 0.6) is 0 Å². The van der Waals surface area contributed by atoms with Gasteiger partial charge in [-0.05, 0) is 6.42 Å². The Labute approximate surface area is 112 Å². The molecule has 0 saturated carbocycles. The van der Waals surface area contributed by atoms with E-state index in [1.165, 1.54) is 0 Å². The number of nitrogens with zero attached hydrogens (tertiary/aromatic N) is 3. The molecular formula is C12H20N4OS. The molecule has 100 valence electrons. The molecule has 2 fully saturated rings. The number of aromatic nitrogens is 1. The smallest absolute Gasteiger partial charge is 0.185 e. The van der Waals surface area contributed by atoms with Crippen molar-refractivity contribution < 1.29 is 4.74 Å². The lowest BCUT2D eigenvalue weighted by Gasteiger charge is -2.44. The zero-order valence-corrected chi connectivity index (χ0v) is 11.4.